The lowest BCUT2D eigenvalue weighted by atomic mass is 9.91. The van der Waals surface area contributed by atoms with Gasteiger partial charge < -0.3 is 15.0 Å². The van der Waals surface area contributed by atoms with Crippen molar-refractivity contribution in [1.29, 1.82) is 0 Å². The van der Waals surface area contributed by atoms with E-state index in [0.29, 0.717) is 0 Å². The van der Waals surface area contributed by atoms with Crippen molar-refractivity contribution in [2.75, 3.05) is 6.61 Å². The molecule has 0 unspecified atom stereocenters. The van der Waals surface area contributed by atoms with Gasteiger partial charge in [0.2, 0.25) is 5.91 Å². The second-order valence-corrected chi connectivity index (χ2v) is 9.96. The first-order valence-electron chi connectivity index (χ1n) is 12.8. The number of carbonyl (C=O) groups excluding carboxylic acids is 3. The average molecular weight is 481 g/mol. The number of carbonyl (C=O) groups is 3. The van der Waals surface area contributed by atoms with Gasteiger partial charge in [-0.1, -0.05) is 61.9 Å². The third-order valence-corrected chi connectivity index (χ3v) is 7.13. The molecular weight excluding hydrogens is 444 g/mol. The second kappa shape index (κ2) is 10.6. The maximum atomic E-state index is 13.8. The van der Waals surface area contributed by atoms with Gasteiger partial charge in [0.25, 0.3) is 5.91 Å². The van der Waals surface area contributed by atoms with Crippen LogP contribution in [-0.2, 0) is 22.6 Å². The molecule has 188 valence electrons. The number of nitrogens with zero attached hydrogens (tertiary/aromatic N) is 3. The van der Waals surface area contributed by atoms with Gasteiger partial charge in [0.1, 0.15) is 11.2 Å². The summed E-state index contributed by atoms with van der Waals surface area (Å²) in [6.45, 7) is 6.19. The summed E-state index contributed by atoms with van der Waals surface area (Å²) in [5.41, 5.74) is 1.24. The number of hydrogen-bond acceptors (Lipinski definition) is 5. The van der Waals surface area contributed by atoms with Gasteiger partial charge in [0.05, 0.1) is 13.2 Å². The third kappa shape index (κ3) is 5.41. The van der Waals surface area contributed by atoms with E-state index in [-0.39, 0.29) is 48.9 Å². The van der Waals surface area contributed by atoms with Crippen LogP contribution in [0.3, 0.4) is 0 Å². The number of aromatic nitrogens is 2. The zero-order valence-electron chi connectivity index (χ0n) is 21.0. The molecule has 2 heterocycles. The average Bonchev–Trinajstić information content (AvgIpc) is 3.22. The number of ether oxygens (including phenoxy) is 1. The molecule has 2 amide bonds. The van der Waals surface area contributed by atoms with E-state index in [9.17, 15) is 14.4 Å². The van der Waals surface area contributed by atoms with Crippen LogP contribution in [0.25, 0.3) is 0 Å². The predicted octanol–water partition coefficient (Wildman–Crippen LogP) is 4.01. The summed E-state index contributed by atoms with van der Waals surface area (Å²) in [6, 6.07) is 9.51. The fourth-order valence-corrected chi connectivity index (χ4v) is 5.13. The fourth-order valence-electron chi connectivity index (χ4n) is 5.13. The molecule has 1 atom stereocenters. The summed E-state index contributed by atoms with van der Waals surface area (Å²) in [5, 5.41) is 7.60. The SMILES string of the molecule is CCOC(=O)c1cc2n(n1)C[C@](C)(C(=O)NC1CCCCCCC1)N(Cc1cccc(C)c1)C2=O. The highest BCUT2D eigenvalue weighted by Crippen LogP contribution is 2.30. The summed E-state index contributed by atoms with van der Waals surface area (Å²) in [7, 11) is 0. The second-order valence-electron chi connectivity index (χ2n) is 9.96. The molecule has 8 heteroatoms. The molecule has 35 heavy (non-hydrogen) atoms. The molecule has 1 fully saturated rings. The number of fused-ring (bicyclic) bond motifs is 1. The molecule has 1 aliphatic carbocycles. The Bertz CT molecular complexity index is 1090. The van der Waals surface area contributed by atoms with E-state index in [0.717, 1.165) is 36.8 Å². The van der Waals surface area contributed by atoms with Gasteiger partial charge in [-0.05, 0) is 39.2 Å². The lowest BCUT2D eigenvalue weighted by molar-refractivity contribution is -0.134. The first-order valence-corrected chi connectivity index (χ1v) is 12.8. The number of rotatable bonds is 6. The molecule has 1 aromatic heterocycles. The van der Waals surface area contributed by atoms with Crippen LogP contribution in [0.5, 0.6) is 0 Å². The van der Waals surface area contributed by atoms with E-state index in [1.165, 1.54) is 30.0 Å². The molecule has 8 nitrogen and oxygen atoms in total. The van der Waals surface area contributed by atoms with Gasteiger partial charge in [0, 0.05) is 18.7 Å². The van der Waals surface area contributed by atoms with Crippen LogP contribution in [-0.4, -0.2) is 50.7 Å². The van der Waals surface area contributed by atoms with Crippen LogP contribution in [0.15, 0.2) is 30.3 Å². The Morgan fingerprint density at radius 2 is 1.86 bits per heavy atom. The summed E-state index contributed by atoms with van der Waals surface area (Å²) in [5.74, 6) is -1.08. The van der Waals surface area contributed by atoms with Crippen molar-refractivity contribution in [3.8, 4) is 0 Å². The fraction of sp³-hybridized carbons (Fsp3) is 0.556. The molecule has 2 aromatic rings. The van der Waals surface area contributed by atoms with Crippen molar-refractivity contribution in [1.82, 2.24) is 20.0 Å². The number of aryl methyl sites for hydroxylation is 1. The summed E-state index contributed by atoms with van der Waals surface area (Å²) < 4.78 is 6.56. The zero-order valence-corrected chi connectivity index (χ0v) is 21.0. The van der Waals surface area contributed by atoms with Crippen LogP contribution in [0.2, 0.25) is 0 Å². The predicted molar refractivity (Wildman–Crippen MR) is 132 cm³/mol. The topological polar surface area (TPSA) is 93.5 Å². The van der Waals surface area contributed by atoms with Crippen LogP contribution < -0.4 is 5.32 Å². The Morgan fingerprint density at radius 3 is 2.54 bits per heavy atom. The Hall–Kier alpha value is -3.16. The Kier molecular flexibility index (Phi) is 7.57. The van der Waals surface area contributed by atoms with Crippen molar-refractivity contribution in [3.05, 3.63) is 52.8 Å². The van der Waals surface area contributed by atoms with Crippen LogP contribution in [0, 0.1) is 6.92 Å². The maximum absolute atomic E-state index is 13.8. The van der Waals surface area contributed by atoms with E-state index in [1.54, 1.807) is 18.7 Å². The van der Waals surface area contributed by atoms with Crippen molar-refractivity contribution in [3.63, 3.8) is 0 Å². The quantitative estimate of drug-likeness (QED) is 0.631. The highest BCUT2D eigenvalue weighted by atomic mass is 16.5. The number of amides is 2. The van der Waals surface area contributed by atoms with Crippen LogP contribution in [0.4, 0.5) is 0 Å². The van der Waals surface area contributed by atoms with Gasteiger partial charge in [-0.3, -0.25) is 14.3 Å². The minimum absolute atomic E-state index is 0.0791. The number of benzene rings is 1. The minimum atomic E-state index is -1.16. The number of esters is 1. The highest BCUT2D eigenvalue weighted by Gasteiger charge is 2.48. The van der Waals surface area contributed by atoms with Crippen LogP contribution >= 0.6 is 0 Å². The third-order valence-electron chi connectivity index (χ3n) is 7.13. The van der Waals surface area contributed by atoms with Crippen molar-refractivity contribution in [2.24, 2.45) is 0 Å². The molecular formula is C27H36N4O4. The summed E-state index contributed by atoms with van der Waals surface area (Å²) in [6.07, 6.45) is 7.73. The minimum Gasteiger partial charge on any atom is -0.461 e. The highest BCUT2D eigenvalue weighted by molar-refractivity contribution is 6.01. The largest absolute Gasteiger partial charge is 0.461 e. The molecule has 0 spiro atoms. The Labute approximate surface area is 207 Å². The number of hydrogen-bond donors (Lipinski definition) is 1. The first kappa shape index (κ1) is 24.9. The van der Waals surface area contributed by atoms with Gasteiger partial charge in [-0.15, -0.1) is 0 Å². The van der Waals surface area contributed by atoms with E-state index < -0.39 is 11.5 Å². The van der Waals surface area contributed by atoms with Gasteiger partial charge in [-0.2, -0.15) is 5.10 Å². The molecule has 1 saturated carbocycles. The van der Waals surface area contributed by atoms with E-state index in [2.05, 4.69) is 10.4 Å². The molecule has 0 bridgehead atoms. The summed E-state index contributed by atoms with van der Waals surface area (Å²) in [4.78, 5) is 41.5. The molecule has 4 rings (SSSR count). The zero-order chi connectivity index (χ0) is 25.0. The van der Waals surface area contributed by atoms with Crippen LogP contribution in [0.1, 0.15) is 90.9 Å². The molecule has 2 aliphatic rings. The number of nitrogens with one attached hydrogen (secondary N) is 1. The van der Waals surface area contributed by atoms with Crippen molar-refractivity contribution >= 4 is 17.8 Å². The molecule has 0 saturated heterocycles. The molecule has 1 aromatic carbocycles. The Balaban J connectivity index is 1.66. The monoisotopic (exact) mass is 480 g/mol. The smallest absolute Gasteiger partial charge is 0.358 e. The van der Waals surface area contributed by atoms with Gasteiger partial charge in [-0.25, -0.2) is 4.79 Å². The lowest BCUT2D eigenvalue weighted by Gasteiger charge is -2.44. The van der Waals surface area contributed by atoms with E-state index >= 15 is 0 Å². The normalized spacial score (nSPS) is 21.1. The van der Waals surface area contributed by atoms with E-state index in [4.69, 9.17) is 4.74 Å². The standard InChI is InChI=1S/C27H36N4O4/c1-4-35-25(33)22-16-23-24(32)30(17-20-12-10-11-19(2)15-20)27(3,18-31(23)29-22)26(34)28-21-13-8-6-5-7-9-14-21/h10-12,15-16,21H,4-9,13-14,17-18H2,1-3H3,(H,28,34)/t27-/m1/s1. The van der Waals surface area contributed by atoms with Gasteiger partial charge in [0.15, 0.2) is 5.69 Å². The Morgan fingerprint density at radius 1 is 1.14 bits per heavy atom. The van der Waals surface area contributed by atoms with Crippen molar-refractivity contribution in [2.45, 2.75) is 90.4 Å². The lowest BCUT2D eigenvalue weighted by Crippen LogP contribution is -2.64. The van der Waals surface area contributed by atoms with E-state index in [1.807, 2.05) is 31.2 Å². The molecule has 1 N–H and O–H groups in total. The maximum Gasteiger partial charge on any atom is 0.358 e. The summed E-state index contributed by atoms with van der Waals surface area (Å²) >= 11 is 0. The molecule has 1 aliphatic heterocycles. The first-order chi connectivity index (χ1) is 16.8. The van der Waals surface area contributed by atoms with Crippen molar-refractivity contribution < 1.29 is 19.1 Å². The molecule has 0 radical (unpaired) electrons. The van der Waals surface area contributed by atoms with Gasteiger partial charge >= 0.3 is 5.97 Å².